The van der Waals surface area contributed by atoms with Gasteiger partial charge in [0.05, 0.1) is 6.10 Å². The van der Waals surface area contributed by atoms with Crippen molar-refractivity contribution in [3.8, 4) is 0 Å². The molecule has 1 fully saturated rings. The third kappa shape index (κ3) is 4.40. The Morgan fingerprint density at radius 3 is 2.44 bits per heavy atom. The Bertz CT molecular complexity index is 183. The summed E-state index contributed by atoms with van der Waals surface area (Å²) >= 11 is 0. The molecule has 0 aromatic heterocycles. The Kier molecular flexibility index (Phi) is 6.32. The van der Waals surface area contributed by atoms with Gasteiger partial charge in [0.2, 0.25) is 0 Å². The highest BCUT2D eigenvalue weighted by molar-refractivity contribution is 4.83. The standard InChI is InChI=1S/C13H28N2O/c1-4-11(5-2)9-15(6-3)10-12-7-13(16)8-14-12/h11-14,16H,4-10H2,1-3H3. The zero-order valence-electron chi connectivity index (χ0n) is 11.1. The molecule has 1 aliphatic heterocycles. The molecule has 96 valence electrons. The fraction of sp³-hybridized carbons (Fsp3) is 1.00. The van der Waals surface area contributed by atoms with E-state index in [1.54, 1.807) is 0 Å². The largest absolute Gasteiger partial charge is 0.392 e. The molecule has 1 heterocycles. The summed E-state index contributed by atoms with van der Waals surface area (Å²) in [5.74, 6) is 0.825. The van der Waals surface area contributed by atoms with Crippen LogP contribution in [-0.2, 0) is 0 Å². The van der Waals surface area contributed by atoms with Gasteiger partial charge in [-0.05, 0) is 18.9 Å². The number of nitrogens with one attached hydrogen (secondary N) is 1. The van der Waals surface area contributed by atoms with Gasteiger partial charge in [-0.2, -0.15) is 0 Å². The molecule has 3 heteroatoms. The Morgan fingerprint density at radius 2 is 2.00 bits per heavy atom. The second-order valence-electron chi connectivity index (χ2n) is 5.03. The Morgan fingerprint density at radius 1 is 1.31 bits per heavy atom. The van der Waals surface area contributed by atoms with E-state index in [4.69, 9.17) is 0 Å². The monoisotopic (exact) mass is 228 g/mol. The van der Waals surface area contributed by atoms with Crippen LogP contribution in [0, 0.1) is 5.92 Å². The summed E-state index contributed by atoms with van der Waals surface area (Å²) < 4.78 is 0. The summed E-state index contributed by atoms with van der Waals surface area (Å²) in [6, 6.07) is 0.490. The van der Waals surface area contributed by atoms with E-state index < -0.39 is 0 Å². The Labute approximate surface area is 100 Å². The van der Waals surface area contributed by atoms with Crippen molar-refractivity contribution in [2.24, 2.45) is 5.92 Å². The van der Waals surface area contributed by atoms with E-state index in [1.807, 2.05) is 0 Å². The first-order chi connectivity index (χ1) is 7.69. The quantitative estimate of drug-likeness (QED) is 0.692. The van der Waals surface area contributed by atoms with Crippen LogP contribution in [0.4, 0.5) is 0 Å². The van der Waals surface area contributed by atoms with Crippen LogP contribution in [0.2, 0.25) is 0 Å². The molecule has 0 aliphatic carbocycles. The third-order valence-corrected chi connectivity index (χ3v) is 3.80. The molecule has 0 spiro atoms. The van der Waals surface area contributed by atoms with E-state index >= 15 is 0 Å². The molecule has 1 aliphatic rings. The molecule has 2 unspecified atom stereocenters. The van der Waals surface area contributed by atoms with Crippen LogP contribution in [0.1, 0.15) is 40.0 Å². The molecule has 16 heavy (non-hydrogen) atoms. The number of β-amino-alcohol motifs (C(OH)–C–C–N with tert-alkyl or cyclic N) is 1. The summed E-state index contributed by atoms with van der Waals surface area (Å²) in [7, 11) is 0. The van der Waals surface area contributed by atoms with Crippen LogP contribution in [0.15, 0.2) is 0 Å². The predicted molar refractivity (Wildman–Crippen MR) is 68.6 cm³/mol. The first-order valence-electron chi connectivity index (χ1n) is 6.83. The van der Waals surface area contributed by atoms with Gasteiger partial charge in [-0.3, -0.25) is 0 Å². The van der Waals surface area contributed by atoms with Gasteiger partial charge >= 0.3 is 0 Å². The molecule has 0 aromatic carbocycles. The van der Waals surface area contributed by atoms with Crippen LogP contribution in [0.5, 0.6) is 0 Å². The molecule has 0 radical (unpaired) electrons. The van der Waals surface area contributed by atoms with E-state index in [0.717, 1.165) is 32.0 Å². The van der Waals surface area contributed by atoms with E-state index in [2.05, 4.69) is 31.0 Å². The molecular formula is C13H28N2O. The molecule has 0 amide bonds. The number of rotatable bonds is 7. The van der Waals surface area contributed by atoms with Gasteiger partial charge in [-0.15, -0.1) is 0 Å². The van der Waals surface area contributed by atoms with Crippen molar-refractivity contribution >= 4 is 0 Å². The second-order valence-corrected chi connectivity index (χ2v) is 5.03. The molecule has 3 nitrogen and oxygen atoms in total. The van der Waals surface area contributed by atoms with Crippen LogP contribution in [0.25, 0.3) is 0 Å². The van der Waals surface area contributed by atoms with Crippen molar-refractivity contribution in [1.82, 2.24) is 10.2 Å². The average Bonchev–Trinajstić information content (AvgIpc) is 2.70. The summed E-state index contributed by atoms with van der Waals surface area (Å²) in [5, 5.41) is 12.9. The van der Waals surface area contributed by atoms with Crippen molar-refractivity contribution < 1.29 is 5.11 Å². The lowest BCUT2D eigenvalue weighted by Gasteiger charge is -2.27. The minimum Gasteiger partial charge on any atom is -0.392 e. The van der Waals surface area contributed by atoms with Crippen LogP contribution in [-0.4, -0.2) is 48.3 Å². The van der Waals surface area contributed by atoms with Gasteiger partial charge in [0, 0.05) is 25.7 Å². The molecule has 2 N–H and O–H groups in total. The lowest BCUT2D eigenvalue weighted by atomic mass is 10.0. The summed E-state index contributed by atoms with van der Waals surface area (Å²) in [4.78, 5) is 2.52. The van der Waals surface area contributed by atoms with Gasteiger partial charge in [0.25, 0.3) is 0 Å². The molecule has 0 aromatic rings. The van der Waals surface area contributed by atoms with Gasteiger partial charge in [-0.25, -0.2) is 0 Å². The molecule has 2 atom stereocenters. The highest BCUT2D eigenvalue weighted by Gasteiger charge is 2.24. The lowest BCUT2D eigenvalue weighted by molar-refractivity contribution is 0.182. The van der Waals surface area contributed by atoms with E-state index in [1.165, 1.54) is 19.4 Å². The van der Waals surface area contributed by atoms with Crippen LogP contribution < -0.4 is 5.32 Å². The zero-order chi connectivity index (χ0) is 12.0. The van der Waals surface area contributed by atoms with Crippen LogP contribution in [0.3, 0.4) is 0 Å². The van der Waals surface area contributed by atoms with Gasteiger partial charge in [0.1, 0.15) is 0 Å². The normalized spacial score (nSPS) is 25.9. The maximum Gasteiger partial charge on any atom is 0.0680 e. The SMILES string of the molecule is CCC(CC)CN(CC)CC1CC(O)CN1. The lowest BCUT2D eigenvalue weighted by Crippen LogP contribution is -2.39. The summed E-state index contributed by atoms with van der Waals surface area (Å²) in [5.41, 5.74) is 0. The Balaban J connectivity index is 2.30. The van der Waals surface area contributed by atoms with Crippen molar-refractivity contribution in [3.05, 3.63) is 0 Å². The fourth-order valence-electron chi connectivity index (χ4n) is 2.49. The average molecular weight is 228 g/mol. The minimum atomic E-state index is -0.128. The highest BCUT2D eigenvalue weighted by Crippen LogP contribution is 2.13. The zero-order valence-corrected chi connectivity index (χ0v) is 11.1. The van der Waals surface area contributed by atoms with E-state index in [-0.39, 0.29) is 6.10 Å². The number of likely N-dealkylation sites (N-methyl/N-ethyl adjacent to an activating group) is 1. The van der Waals surface area contributed by atoms with E-state index in [0.29, 0.717) is 6.04 Å². The molecule has 1 rings (SSSR count). The maximum atomic E-state index is 9.48. The molecule has 1 saturated heterocycles. The maximum absolute atomic E-state index is 9.48. The van der Waals surface area contributed by atoms with Gasteiger partial charge in [0.15, 0.2) is 0 Å². The topological polar surface area (TPSA) is 35.5 Å². The number of aliphatic hydroxyl groups excluding tert-OH is 1. The van der Waals surface area contributed by atoms with E-state index in [9.17, 15) is 5.11 Å². The third-order valence-electron chi connectivity index (χ3n) is 3.80. The van der Waals surface area contributed by atoms with Gasteiger partial charge < -0.3 is 15.3 Å². The fourth-order valence-corrected chi connectivity index (χ4v) is 2.49. The second kappa shape index (κ2) is 7.25. The molecule has 0 bridgehead atoms. The predicted octanol–water partition coefficient (Wildman–Crippen LogP) is 1.47. The first kappa shape index (κ1) is 13.9. The number of hydrogen-bond acceptors (Lipinski definition) is 3. The van der Waals surface area contributed by atoms with Gasteiger partial charge in [-0.1, -0.05) is 33.6 Å². The first-order valence-corrected chi connectivity index (χ1v) is 6.83. The molecule has 0 saturated carbocycles. The molecular weight excluding hydrogens is 200 g/mol. The van der Waals surface area contributed by atoms with Crippen molar-refractivity contribution in [3.63, 3.8) is 0 Å². The smallest absolute Gasteiger partial charge is 0.0680 e. The number of aliphatic hydroxyl groups is 1. The summed E-state index contributed by atoms with van der Waals surface area (Å²) in [6.07, 6.45) is 3.33. The number of nitrogens with zero attached hydrogens (tertiary/aromatic N) is 1. The van der Waals surface area contributed by atoms with Crippen LogP contribution >= 0.6 is 0 Å². The van der Waals surface area contributed by atoms with Crippen molar-refractivity contribution in [2.45, 2.75) is 52.2 Å². The van der Waals surface area contributed by atoms with Crippen molar-refractivity contribution in [1.29, 1.82) is 0 Å². The van der Waals surface area contributed by atoms with Crippen molar-refractivity contribution in [2.75, 3.05) is 26.2 Å². The minimum absolute atomic E-state index is 0.128. The highest BCUT2D eigenvalue weighted by atomic mass is 16.3. The Hall–Kier alpha value is -0.120. The number of hydrogen-bond donors (Lipinski definition) is 2. The summed E-state index contributed by atoms with van der Waals surface area (Å²) in [6.45, 7) is 11.0.